The number of aromatic amines is 1. The monoisotopic (exact) mass is 332 g/mol. The molecule has 7 nitrogen and oxygen atoms in total. The normalized spacial score (nSPS) is 24.6. The maximum atomic E-state index is 12.4. The van der Waals surface area contributed by atoms with Gasteiger partial charge in [0.1, 0.15) is 6.04 Å². The van der Waals surface area contributed by atoms with Crippen LogP contribution in [0.3, 0.4) is 0 Å². The average Bonchev–Trinajstić information content (AvgIpc) is 3.20. The van der Waals surface area contributed by atoms with Gasteiger partial charge in [0.05, 0.1) is 17.5 Å². The third-order valence-corrected chi connectivity index (χ3v) is 4.85. The smallest absolute Gasteiger partial charge is 0.329 e. The molecule has 128 valence electrons. The largest absolute Gasteiger partial charge is 0.456 e. The number of esters is 1. The summed E-state index contributed by atoms with van der Waals surface area (Å²) in [5.74, 6) is -2.29. The van der Waals surface area contributed by atoms with Crippen LogP contribution in [0.2, 0.25) is 0 Å². The van der Waals surface area contributed by atoms with Crippen molar-refractivity contribution < 1.29 is 23.9 Å². The molecule has 2 aliphatic rings. The molecule has 1 saturated carbocycles. The van der Waals surface area contributed by atoms with E-state index in [2.05, 4.69) is 4.98 Å². The van der Waals surface area contributed by atoms with E-state index in [1.165, 1.54) is 6.92 Å². The standard InChI is InChI=1S/C17H20N2O5/c1-10(17(23)24-9-14(20)13-7-4-8-18-13)19-15(21)11-5-2-3-6-12(11)16(19)22/h4,7-8,10-12,18H,2-3,5-6,9H2,1H3. The molecule has 2 fully saturated rings. The molecule has 1 aliphatic heterocycles. The lowest BCUT2D eigenvalue weighted by Crippen LogP contribution is -2.44. The predicted molar refractivity (Wildman–Crippen MR) is 82.8 cm³/mol. The summed E-state index contributed by atoms with van der Waals surface area (Å²) in [6.07, 6.45) is 4.84. The van der Waals surface area contributed by atoms with E-state index in [1.807, 2.05) is 0 Å². The van der Waals surface area contributed by atoms with E-state index in [1.54, 1.807) is 18.3 Å². The molecule has 1 N–H and O–H groups in total. The Morgan fingerprint density at radius 1 is 1.25 bits per heavy atom. The van der Waals surface area contributed by atoms with E-state index < -0.39 is 18.6 Å². The molecule has 3 rings (SSSR count). The molecule has 3 atom stereocenters. The van der Waals surface area contributed by atoms with Crippen LogP contribution in [-0.2, 0) is 19.1 Å². The number of nitrogens with one attached hydrogen (secondary N) is 1. The number of ether oxygens (including phenoxy) is 1. The second-order valence-corrected chi connectivity index (χ2v) is 6.33. The van der Waals surface area contributed by atoms with Gasteiger partial charge in [-0.1, -0.05) is 12.8 Å². The summed E-state index contributed by atoms with van der Waals surface area (Å²) >= 11 is 0. The number of ketones is 1. The minimum Gasteiger partial charge on any atom is -0.456 e. The zero-order valence-electron chi connectivity index (χ0n) is 13.5. The molecule has 1 aliphatic carbocycles. The van der Waals surface area contributed by atoms with Gasteiger partial charge >= 0.3 is 5.97 Å². The molecule has 0 radical (unpaired) electrons. The van der Waals surface area contributed by atoms with Crippen LogP contribution in [0.5, 0.6) is 0 Å². The number of hydrogen-bond acceptors (Lipinski definition) is 5. The summed E-state index contributed by atoms with van der Waals surface area (Å²) in [6, 6.07) is 2.24. The van der Waals surface area contributed by atoms with Crippen molar-refractivity contribution in [1.82, 2.24) is 9.88 Å². The Morgan fingerprint density at radius 3 is 2.42 bits per heavy atom. The Labute approximate surface area is 139 Å². The van der Waals surface area contributed by atoms with Crippen LogP contribution in [0.4, 0.5) is 0 Å². The summed E-state index contributed by atoms with van der Waals surface area (Å²) in [5.41, 5.74) is 0.342. The predicted octanol–water partition coefficient (Wildman–Crippen LogP) is 1.30. The second kappa shape index (κ2) is 6.59. The Morgan fingerprint density at radius 2 is 1.88 bits per heavy atom. The van der Waals surface area contributed by atoms with Crippen molar-refractivity contribution >= 4 is 23.6 Å². The van der Waals surface area contributed by atoms with Crippen molar-refractivity contribution in [2.75, 3.05) is 6.61 Å². The molecule has 0 bridgehead atoms. The molecule has 24 heavy (non-hydrogen) atoms. The molecule has 1 aromatic rings. The van der Waals surface area contributed by atoms with Crippen molar-refractivity contribution in [2.24, 2.45) is 11.8 Å². The molecule has 1 aromatic heterocycles. The number of fused-ring (bicyclic) bond motifs is 1. The Balaban J connectivity index is 1.62. The first-order valence-electron chi connectivity index (χ1n) is 8.21. The highest BCUT2D eigenvalue weighted by atomic mass is 16.5. The van der Waals surface area contributed by atoms with E-state index in [9.17, 15) is 19.2 Å². The van der Waals surface area contributed by atoms with Gasteiger partial charge in [0.15, 0.2) is 6.61 Å². The van der Waals surface area contributed by atoms with Crippen LogP contribution in [-0.4, -0.2) is 46.1 Å². The topological polar surface area (TPSA) is 96.5 Å². The first-order valence-corrected chi connectivity index (χ1v) is 8.21. The number of aromatic nitrogens is 1. The summed E-state index contributed by atoms with van der Waals surface area (Å²) in [4.78, 5) is 52.7. The third-order valence-electron chi connectivity index (χ3n) is 4.85. The minimum atomic E-state index is -1.01. The van der Waals surface area contributed by atoms with Gasteiger partial charge in [-0.15, -0.1) is 0 Å². The summed E-state index contributed by atoms with van der Waals surface area (Å²) in [7, 11) is 0. The van der Waals surface area contributed by atoms with E-state index in [0.717, 1.165) is 17.7 Å². The fraction of sp³-hybridized carbons (Fsp3) is 0.529. The highest BCUT2D eigenvalue weighted by Crippen LogP contribution is 2.38. The zero-order chi connectivity index (χ0) is 17.3. The molecule has 3 unspecified atom stereocenters. The van der Waals surface area contributed by atoms with Gasteiger partial charge in [-0.25, -0.2) is 4.79 Å². The molecular formula is C17H20N2O5. The quantitative estimate of drug-likeness (QED) is 0.498. The van der Waals surface area contributed by atoms with Crippen molar-refractivity contribution in [3.8, 4) is 0 Å². The number of rotatable bonds is 5. The second-order valence-electron chi connectivity index (χ2n) is 6.33. The van der Waals surface area contributed by atoms with Gasteiger partial charge in [-0.2, -0.15) is 0 Å². The van der Waals surface area contributed by atoms with Crippen LogP contribution in [0.25, 0.3) is 0 Å². The highest BCUT2D eigenvalue weighted by Gasteiger charge is 2.51. The minimum absolute atomic E-state index is 0.287. The first kappa shape index (κ1) is 16.4. The molecule has 2 amide bonds. The lowest BCUT2D eigenvalue weighted by atomic mass is 9.81. The number of likely N-dealkylation sites (tertiary alicyclic amines) is 1. The summed E-state index contributed by atoms with van der Waals surface area (Å²) in [6.45, 7) is 1.04. The number of imide groups is 1. The zero-order valence-corrected chi connectivity index (χ0v) is 13.5. The lowest BCUT2D eigenvalue weighted by Gasteiger charge is -2.21. The maximum Gasteiger partial charge on any atom is 0.329 e. The molecule has 7 heteroatoms. The molecule has 1 saturated heterocycles. The van der Waals surface area contributed by atoms with Crippen LogP contribution in [0.15, 0.2) is 18.3 Å². The lowest BCUT2D eigenvalue weighted by molar-refractivity contribution is -0.157. The third kappa shape index (κ3) is 2.86. The number of Topliss-reactive ketones (excluding diaryl/α,β-unsaturated/α-hetero) is 1. The van der Waals surface area contributed by atoms with Crippen molar-refractivity contribution in [1.29, 1.82) is 0 Å². The molecule has 0 spiro atoms. The molecule has 0 aromatic carbocycles. The number of nitrogens with zero attached hydrogens (tertiary/aromatic N) is 1. The van der Waals surface area contributed by atoms with Crippen molar-refractivity contribution in [3.63, 3.8) is 0 Å². The van der Waals surface area contributed by atoms with E-state index in [0.29, 0.717) is 18.5 Å². The van der Waals surface area contributed by atoms with Crippen LogP contribution >= 0.6 is 0 Å². The van der Waals surface area contributed by atoms with E-state index >= 15 is 0 Å². The van der Waals surface area contributed by atoms with Gasteiger partial charge < -0.3 is 9.72 Å². The molecule has 2 heterocycles. The first-order chi connectivity index (χ1) is 11.5. The van der Waals surface area contributed by atoms with Gasteiger partial charge in [-0.3, -0.25) is 19.3 Å². The highest BCUT2D eigenvalue weighted by molar-refractivity contribution is 6.08. The summed E-state index contributed by atoms with van der Waals surface area (Å²) < 4.78 is 5.00. The number of H-pyrrole nitrogens is 1. The van der Waals surface area contributed by atoms with Gasteiger partial charge in [0.2, 0.25) is 17.6 Å². The number of hydrogen-bond donors (Lipinski definition) is 1. The van der Waals surface area contributed by atoms with Crippen LogP contribution < -0.4 is 0 Å². The van der Waals surface area contributed by atoms with Crippen LogP contribution in [0, 0.1) is 11.8 Å². The van der Waals surface area contributed by atoms with E-state index in [-0.39, 0.29) is 29.4 Å². The fourth-order valence-corrected chi connectivity index (χ4v) is 3.51. The summed E-state index contributed by atoms with van der Waals surface area (Å²) in [5, 5.41) is 0. The van der Waals surface area contributed by atoms with Crippen molar-refractivity contribution in [2.45, 2.75) is 38.6 Å². The van der Waals surface area contributed by atoms with Gasteiger partial charge in [0, 0.05) is 6.20 Å². The Bertz CT molecular complexity index is 643. The SMILES string of the molecule is CC(C(=O)OCC(=O)c1ccc[nH]1)N1C(=O)C2CCCCC2C1=O. The number of amides is 2. The van der Waals surface area contributed by atoms with Gasteiger partial charge in [-0.05, 0) is 31.9 Å². The number of carbonyl (C=O) groups is 4. The maximum absolute atomic E-state index is 12.4. The van der Waals surface area contributed by atoms with Crippen molar-refractivity contribution in [3.05, 3.63) is 24.0 Å². The molecular weight excluding hydrogens is 312 g/mol. The fourth-order valence-electron chi connectivity index (χ4n) is 3.51. The Hall–Kier alpha value is -2.44. The van der Waals surface area contributed by atoms with Gasteiger partial charge in [0.25, 0.3) is 0 Å². The van der Waals surface area contributed by atoms with E-state index in [4.69, 9.17) is 4.74 Å². The van der Waals surface area contributed by atoms with Crippen LogP contribution in [0.1, 0.15) is 43.1 Å². The average molecular weight is 332 g/mol. The Kier molecular flexibility index (Phi) is 4.51. The number of carbonyl (C=O) groups excluding carboxylic acids is 4.